The van der Waals surface area contributed by atoms with Gasteiger partial charge in [-0.2, -0.15) is 5.10 Å². The molecule has 1 aromatic heterocycles. The van der Waals surface area contributed by atoms with E-state index in [1.165, 1.54) is 0 Å². The van der Waals surface area contributed by atoms with Crippen molar-refractivity contribution in [3.05, 3.63) is 17.5 Å². The van der Waals surface area contributed by atoms with Crippen molar-refractivity contribution >= 4 is 12.0 Å². The Morgan fingerprint density at radius 3 is 2.48 bits per heavy atom. The molecule has 7 heteroatoms. The van der Waals surface area contributed by atoms with Crippen molar-refractivity contribution in [3.8, 4) is 0 Å². The number of rotatable bonds is 6. The van der Waals surface area contributed by atoms with E-state index in [1.54, 1.807) is 10.7 Å². The Labute approximate surface area is 149 Å². The maximum Gasteiger partial charge on any atom is 0.407 e. The molecule has 2 rings (SSSR count). The van der Waals surface area contributed by atoms with Gasteiger partial charge in [0.25, 0.3) is 5.91 Å². The van der Waals surface area contributed by atoms with Gasteiger partial charge in [-0.25, -0.2) is 4.79 Å². The minimum atomic E-state index is -0.547. The number of aryl methyl sites for hydroxylation is 2. The molecule has 2 N–H and O–H groups in total. The van der Waals surface area contributed by atoms with Crippen LogP contribution in [-0.2, 0) is 11.3 Å². The SMILES string of the molecule is CCn1nc(C)cc1C(=O)NC(C)(CNC(=O)OC(C)(C)C)C1CC1. The Morgan fingerprint density at radius 2 is 1.96 bits per heavy atom. The van der Waals surface area contributed by atoms with Crippen LogP contribution in [0.5, 0.6) is 0 Å². The molecular weight excluding hydrogens is 320 g/mol. The molecule has 1 heterocycles. The molecule has 1 saturated carbocycles. The van der Waals surface area contributed by atoms with Crippen LogP contribution in [0.25, 0.3) is 0 Å². The maximum atomic E-state index is 12.7. The number of carbonyl (C=O) groups is 2. The zero-order chi connectivity index (χ0) is 18.8. The lowest BCUT2D eigenvalue weighted by molar-refractivity contribution is 0.0502. The molecule has 0 aromatic carbocycles. The standard InChI is InChI=1S/C18H30N4O3/c1-7-22-14(10-12(2)21-22)15(23)20-18(6,13-8-9-13)11-19-16(24)25-17(3,4)5/h10,13H,7-9,11H2,1-6H3,(H,19,24)(H,20,23). The largest absolute Gasteiger partial charge is 0.444 e. The number of aromatic nitrogens is 2. The van der Waals surface area contributed by atoms with E-state index in [9.17, 15) is 9.59 Å². The molecule has 0 radical (unpaired) electrons. The summed E-state index contributed by atoms with van der Waals surface area (Å²) in [5, 5.41) is 10.2. The van der Waals surface area contributed by atoms with Gasteiger partial charge in [0.15, 0.2) is 0 Å². The third-order valence-corrected chi connectivity index (χ3v) is 4.31. The molecule has 0 spiro atoms. The number of carbonyl (C=O) groups excluding carboxylic acids is 2. The van der Waals surface area contributed by atoms with Crippen LogP contribution in [0.2, 0.25) is 0 Å². The van der Waals surface area contributed by atoms with Crippen LogP contribution in [0.4, 0.5) is 4.79 Å². The molecule has 25 heavy (non-hydrogen) atoms. The van der Waals surface area contributed by atoms with Gasteiger partial charge in [0, 0.05) is 13.1 Å². The molecule has 0 saturated heterocycles. The van der Waals surface area contributed by atoms with E-state index in [2.05, 4.69) is 15.7 Å². The summed E-state index contributed by atoms with van der Waals surface area (Å²) in [4.78, 5) is 24.7. The van der Waals surface area contributed by atoms with Crippen molar-refractivity contribution in [2.45, 2.75) is 72.1 Å². The van der Waals surface area contributed by atoms with E-state index in [4.69, 9.17) is 4.74 Å². The van der Waals surface area contributed by atoms with Crippen molar-refractivity contribution in [2.75, 3.05) is 6.54 Å². The first-order valence-electron chi connectivity index (χ1n) is 8.88. The summed E-state index contributed by atoms with van der Waals surface area (Å²) in [6.07, 6.45) is 1.61. The summed E-state index contributed by atoms with van der Waals surface area (Å²) in [7, 11) is 0. The van der Waals surface area contributed by atoms with Crippen molar-refractivity contribution in [1.82, 2.24) is 20.4 Å². The molecule has 140 valence electrons. The quantitative estimate of drug-likeness (QED) is 0.826. The zero-order valence-corrected chi connectivity index (χ0v) is 16.1. The molecule has 1 atom stereocenters. The molecular formula is C18H30N4O3. The normalized spacial score (nSPS) is 16.9. The van der Waals surface area contributed by atoms with Crippen LogP contribution >= 0.6 is 0 Å². The summed E-state index contributed by atoms with van der Waals surface area (Å²) >= 11 is 0. The van der Waals surface area contributed by atoms with Gasteiger partial charge in [-0.1, -0.05) is 0 Å². The highest BCUT2D eigenvalue weighted by atomic mass is 16.6. The molecule has 1 fully saturated rings. The van der Waals surface area contributed by atoms with E-state index >= 15 is 0 Å². The van der Waals surface area contributed by atoms with Crippen LogP contribution in [-0.4, -0.2) is 39.5 Å². The van der Waals surface area contributed by atoms with E-state index in [1.807, 2.05) is 41.5 Å². The second-order valence-electron chi connectivity index (χ2n) is 7.99. The predicted molar refractivity (Wildman–Crippen MR) is 95.5 cm³/mol. The van der Waals surface area contributed by atoms with Crippen molar-refractivity contribution in [2.24, 2.45) is 5.92 Å². The molecule has 2 amide bonds. The third-order valence-electron chi connectivity index (χ3n) is 4.31. The number of hydrogen-bond donors (Lipinski definition) is 2. The molecule has 1 aromatic rings. The van der Waals surface area contributed by atoms with Crippen molar-refractivity contribution in [3.63, 3.8) is 0 Å². The van der Waals surface area contributed by atoms with Crippen LogP contribution in [0, 0.1) is 12.8 Å². The highest BCUT2D eigenvalue weighted by Gasteiger charge is 2.43. The monoisotopic (exact) mass is 350 g/mol. The van der Waals surface area contributed by atoms with Gasteiger partial charge in [0.2, 0.25) is 0 Å². The first-order valence-corrected chi connectivity index (χ1v) is 8.88. The average Bonchev–Trinajstić information content (AvgIpc) is 3.27. The van der Waals surface area contributed by atoms with Crippen LogP contribution in [0.15, 0.2) is 6.07 Å². The van der Waals surface area contributed by atoms with E-state index in [-0.39, 0.29) is 5.91 Å². The van der Waals surface area contributed by atoms with Crippen LogP contribution < -0.4 is 10.6 Å². The summed E-state index contributed by atoms with van der Waals surface area (Å²) in [6, 6.07) is 1.79. The first-order chi connectivity index (χ1) is 11.5. The maximum absolute atomic E-state index is 12.7. The molecule has 7 nitrogen and oxygen atoms in total. The van der Waals surface area contributed by atoms with Crippen LogP contribution in [0.1, 0.15) is 63.6 Å². The molecule has 1 aliphatic rings. The smallest absolute Gasteiger partial charge is 0.407 e. The van der Waals surface area contributed by atoms with Gasteiger partial charge < -0.3 is 15.4 Å². The lowest BCUT2D eigenvalue weighted by atomic mass is 9.95. The Bertz CT molecular complexity index is 643. The number of hydrogen-bond acceptors (Lipinski definition) is 4. The van der Waals surface area contributed by atoms with Gasteiger partial charge in [0.05, 0.1) is 11.2 Å². The summed E-state index contributed by atoms with van der Waals surface area (Å²) < 4.78 is 6.98. The number of nitrogens with one attached hydrogen (secondary N) is 2. The fourth-order valence-electron chi connectivity index (χ4n) is 2.87. The average molecular weight is 350 g/mol. The van der Waals surface area contributed by atoms with Crippen molar-refractivity contribution < 1.29 is 14.3 Å². The first kappa shape index (κ1) is 19.3. The summed E-state index contributed by atoms with van der Waals surface area (Å²) in [5.74, 6) is 0.188. The highest BCUT2D eigenvalue weighted by molar-refractivity contribution is 5.93. The van der Waals surface area contributed by atoms with Gasteiger partial charge in [-0.3, -0.25) is 9.48 Å². The highest BCUT2D eigenvalue weighted by Crippen LogP contribution is 2.39. The zero-order valence-electron chi connectivity index (χ0n) is 16.1. The van der Waals surface area contributed by atoms with E-state index in [0.29, 0.717) is 24.7 Å². The molecule has 1 unspecified atom stereocenters. The Morgan fingerprint density at radius 1 is 1.32 bits per heavy atom. The fraction of sp³-hybridized carbons (Fsp3) is 0.722. The Hall–Kier alpha value is -2.05. The summed E-state index contributed by atoms with van der Waals surface area (Å²) in [6.45, 7) is 12.2. The lowest BCUT2D eigenvalue weighted by Crippen LogP contribution is -2.55. The minimum Gasteiger partial charge on any atom is -0.444 e. The van der Waals surface area contributed by atoms with E-state index in [0.717, 1.165) is 18.5 Å². The number of amides is 2. The topological polar surface area (TPSA) is 85.3 Å². The number of alkyl carbamates (subject to hydrolysis) is 1. The van der Waals surface area contributed by atoms with E-state index < -0.39 is 17.2 Å². The number of nitrogens with zero attached hydrogens (tertiary/aromatic N) is 2. The van der Waals surface area contributed by atoms with Crippen molar-refractivity contribution in [1.29, 1.82) is 0 Å². The molecule has 0 bridgehead atoms. The third kappa shape index (κ3) is 5.21. The van der Waals surface area contributed by atoms with Gasteiger partial charge in [0.1, 0.15) is 11.3 Å². The predicted octanol–water partition coefficient (Wildman–Crippen LogP) is 2.63. The Kier molecular flexibility index (Phi) is 5.44. The van der Waals surface area contributed by atoms with Gasteiger partial charge >= 0.3 is 6.09 Å². The molecule has 0 aliphatic heterocycles. The Balaban J connectivity index is 2.04. The second kappa shape index (κ2) is 7.06. The molecule has 1 aliphatic carbocycles. The van der Waals surface area contributed by atoms with Gasteiger partial charge in [-0.15, -0.1) is 0 Å². The second-order valence-corrected chi connectivity index (χ2v) is 7.99. The fourth-order valence-corrected chi connectivity index (χ4v) is 2.87. The van der Waals surface area contributed by atoms with Crippen LogP contribution in [0.3, 0.4) is 0 Å². The number of ether oxygens (including phenoxy) is 1. The lowest BCUT2D eigenvalue weighted by Gasteiger charge is -2.32. The summed E-state index contributed by atoms with van der Waals surface area (Å²) in [5.41, 5.74) is 0.301. The van der Waals surface area contributed by atoms with Gasteiger partial charge in [-0.05, 0) is 66.4 Å². The minimum absolute atomic E-state index is 0.164.